The molecule has 0 radical (unpaired) electrons. The maximum atomic E-state index is 12.4. The van der Waals surface area contributed by atoms with E-state index in [1.165, 1.54) is 0 Å². The average molecular weight is 370 g/mol. The number of esters is 2. The summed E-state index contributed by atoms with van der Waals surface area (Å²) in [6.45, 7) is 4.60. The smallest absolute Gasteiger partial charge is 0.324 e. The molecule has 6 nitrogen and oxygen atoms in total. The van der Waals surface area contributed by atoms with Gasteiger partial charge in [0.15, 0.2) is 5.78 Å². The molecule has 1 aliphatic heterocycles. The molecule has 1 aliphatic rings. The Hall–Kier alpha value is -1.92. The summed E-state index contributed by atoms with van der Waals surface area (Å²) in [6.07, 6.45) is 0.215. The third-order valence-electron chi connectivity index (χ3n) is 4.00. The maximum absolute atomic E-state index is 12.4. The molecule has 2 rings (SSSR count). The second-order valence-electron chi connectivity index (χ2n) is 5.60. The van der Waals surface area contributed by atoms with Crippen LogP contribution in [-0.2, 0) is 30.4 Å². The first kappa shape index (κ1) is 21.1. The van der Waals surface area contributed by atoms with Crippen LogP contribution >= 0.6 is 12.4 Å². The molecular weight excluding hydrogens is 346 g/mol. The highest BCUT2D eigenvalue weighted by Crippen LogP contribution is 2.25. The van der Waals surface area contributed by atoms with E-state index in [0.29, 0.717) is 13.1 Å². The van der Waals surface area contributed by atoms with E-state index in [1.54, 1.807) is 13.8 Å². The Balaban J connectivity index is 0.00000312. The standard InChI is InChI=1S/C18H23NO5.ClH/c1-3-23-17(21)15-14(20)10-11-19(16(15)18(22)24-4-2)12-13-8-6-5-7-9-13;/h5-9,15-16H,3-4,10-12H2,1-2H3;1H. The molecule has 1 aromatic carbocycles. The highest BCUT2D eigenvalue weighted by molar-refractivity contribution is 6.04. The van der Waals surface area contributed by atoms with Gasteiger partial charge in [0, 0.05) is 19.5 Å². The summed E-state index contributed by atoms with van der Waals surface area (Å²) in [5, 5.41) is 0. The van der Waals surface area contributed by atoms with Crippen LogP contribution in [0.1, 0.15) is 25.8 Å². The lowest BCUT2D eigenvalue weighted by atomic mass is 9.87. The number of halogens is 1. The second kappa shape index (κ2) is 10.2. The van der Waals surface area contributed by atoms with Gasteiger partial charge in [0.2, 0.25) is 0 Å². The second-order valence-corrected chi connectivity index (χ2v) is 5.60. The first-order chi connectivity index (χ1) is 11.6. The zero-order valence-corrected chi connectivity index (χ0v) is 15.3. The molecule has 138 valence electrons. The zero-order chi connectivity index (χ0) is 17.5. The summed E-state index contributed by atoms with van der Waals surface area (Å²) in [4.78, 5) is 38.8. The lowest BCUT2D eigenvalue weighted by Gasteiger charge is -2.37. The molecule has 1 aromatic rings. The van der Waals surface area contributed by atoms with E-state index in [4.69, 9.17) is 9.47 Å². The third kappa shape index (κ3) is 5.28. The van der Waals surface area contributed by atoms with E-state index < -0.39 is 23.9 Å². The monoisotopic (exact) mass is 369 g/mol. The largest absolute Gasteiger partial charge is 0.465 e. The SMILES string of the molecule is CCOC(=O)C1C(=O)CCN(Cc2ccccc2)C1C(=O)OCC.Cl. The Labute approximate surface area is 153 Å². The summed E-state index contributed by atoms with van der Waals surface area (Å²) in [5.74, 6) is -2.60. The predicted molar refractivity (Wildman–Crippen MR) is 94.3 cm³/mol. The van der Waals surface area contributed by atoms with Gasteiger partial charge in [-0.1, -0.05) is 30.3 Å². The number of ketones is 1. The van der Waals surface area contributed by atoms with E-state index in [1.807, 2.05) is 35.2 Å². The van der Waals surface area contributed by atoms with E-state index in [-0.39, 0.29) is 37.8 Å². The predicted octanol–water partition coefficient (Wildman–Crippen LogP) is 1.99. The van der Waals surface area contributed by atoms with Crippen LogP contribution < -0.4 is 0 Å². The summed E-state index contributed by atoms with van der Waals surface area (Å²) < 4.78 is 10.1. The van der Waals surface area contributed by atoms with Crippen LogP contribution in [0.5, 0.6) is 0 Å². The third-order valence-corrected chi connectivity index (χ3v) is 4.00. The van der Waals surface area contributed by atoms with Gasteiger partial charge in [0.25, 0.3) is 0 Å². The van der Waals surface area contributed by atoms with Gasteiger partial charge in [0.1, 0.15) is 12.0 Å². The maximum Gasteiger partial charge on any atom is 0.324 e. The number of hydrogen-bond acceptors (Lipinski definition) is 6. The van der Waals surface area contributed by atoms with Gasteiger partial charge in [-0.3, -0.25) is 19.3 Å². The quantitative estimate of drug-likeness (QED) is 0.564. The van der Waals surface area contributed by atoms with Crippen LogP contribution in [0.15, 0.2) is 30.3 Å². The number of ether oxygens (including phenoxy) is 2. The molecule has 0 saturated carbocycles. The van der Waals surface area contributed by atoms with E-state index in [9.17, 15) is 14.4 Å². The number of rotatable bonds is 6. The number of benzene rings is 1. The fraction of sp³-hybridized carbons (Fsp3) is 0.500. The van der Waals surface area contributed by atoms with Crippen LogP contribution in [0.3, 0.4) is 0 Å². The molecule has 0 bridgehead atoms. The minimum atomic E-state index is -1.12. The Bertz CT molecular complexity index is 592. The van der Waals surface area contributed by atoms with Crippen molar-refractivity contribution < 1.29 is 23.9 Å². The molecule has 0 spiro atoms. The molecule has 0 amide bonds. The van der Waals surface area contributed by atoms with Crippen molar-refractivity contribution in [3.8, 4) is 0 Å². The molecule has 25 heavy (non-hydrogen) atoms. The number of carbonyl (C=O) groups excluding carboxylic acids is 3. The van der Waals surface area contributed by atoms with Crippen molar-refractivity contribution >= 4 is 30.1 Å². The normalized spacial score (nSPS) is 20.5. The van der Waals surface area contributed by atoms with Crippen molar-refractivity contribution in [2.24, 2.45) is 5.92 Å². The molecule has 2 unspecified atom stereocenters. The Morgan fingerprint density at radius 2 is 1.68 bits per heavy atom. The summed E-state index contributed by atoms with van der Waals surface area (Å²) >= 11 is 0. The zero-order valence-electron chi connectivity index (χ0n) is 14.5. The fourth-order valence-electron chi connectivity index (χ4n) is 2.94. The van der Waals surface area contributed by atoms with Crippen molar-refractivity contribution in [3.05, 3.63) is 35.9 Å². The number of piperidine rings is 1. The lowest BCUT2D eigenvalue weighted by molar-refractivity contribution is -0.168. The number of nitrogens with zero attached hydrogens (tertiary/aromatic N) is 1. The molecule has 0 aliphatic carbocycles. The first-order valence-corrected chi connectivity index (χ1v) is 8.22. The molecule has 1 fully saturated rings. The summed E-state index contributed by atoms with van der Waals surface area (Å²) in [7, 11) is 0. The van der Waals surface area contributed by atoms with Crippen molar-refractivity contribution in [2.45, 2.75) is 32.9 Å². The van der Waals surface area contributed by atoms with Crippen molar-refractivity contribution in [1.29, 1.82) is 0 Å². The molecule has 7 heteroatoms. The molecule has 1 heterocycles. The van der Waals surface area contributed by atoms with Crippen molar-refractivity contribution in [3.63, 3.8) is 0 Å². The average Bonchev–Trinajstić information content (AvgIpc) is 2.57. The molecular formula is C18H24ClNO5. The van der Waals surface area contributed by atoms with Crippen molar-refractivity contribution in [1.82, 2.24) is 4.90 Å². The van der Waals surface area contributed by atoms with E-state index >= 15 is 0 Å². The van der Waals surface area contributed by atoms with Crippen LogP contribution in [-0.4, -0.2) is 48.4 Å². The van der Waals surface area contributed by atoms with Crippen LogP contribution in [0.4, 0.5) is 0 Å². The van der Waals surface area contributed by atoms with Gasteiger partial charge in [-0.05, 0) is 19.4 Å². The summed E-state index contributed by atoms with van der Waals surface area (Å²) in [5.41, 5.74) is 1.00. The molecule has 2 atom stereocenters. The van der Waals surface area contributed by atoms with Crippen molar-refractivity contribution in [2.75, 3.05) is 19.8 Å². The van der Waals surface area contributed by atoms with E-state index in [2.05, 4.69) is 0 Å². The highest BCUT2D eigenvalue weighted by Gasteiger charge is 2.47. The van der Waals surface area contributed by atoms with Gasteiger partial charge in [-0.25, -0.2) is 0 Å². The Morgan fingerprint density at radius 3 is 2.28 bits per heavy atom. The first-order valence-electron chi connectivity index (χ1n) is 8.22. The van der Waals surface area contributed by atoms with Crippen LogP contribution in [0.25, 0.3) is 0 Å². The number of Topliss-reactive ketones (excluding diaryl/α,β-unsaturated/α-hetero) is 1. The van der Waals surface area contributed by atoms with Crippen LogP contribution in [0, 0.1) is 5.92 Å². The summed E-state index contributed by atoms with van der Waals surface area (Å²) in [6, 6.07) is 8.67. The fourth-order valence-corrected chi connectivity index (χ4v) is 2.94. The molecule has 1 saturated heterocycles. The molecule has 0 aromatic heterocycles. The minimum Gasteiger partial charge on any atom is -0.465 e. The van der Waals surface area contributed by atoms with Gasteiger partial charge in [-0.2, -0.15) is 0 Å². The topological polar surface area (TPSA) is 72.9 Å². The number of carbonyl (C=O) groups is 3. The Morgan fingerprint density at radius 1 is 1.08 bits per heavy atom. The van der Waals surface area contributed by atoms with Gasteiger partial charge in [0.05, 0.1) is 13.2 Å². The lowest BCUT2D eigenvalue weighted by Crippen LogP contribution is -2.56. The van der Waals surface area contributed by atoms with Gasteiger partial charge >= 0.3 is 11.9 Å². The van der Waals surface area contributed by atoms with E-state index in [0.717, 1.165) is 5.56 Å². The minimum absolute atomic E-state index is 0. The number of hydrogen-bond donors (Lipinski definition) is 0. The van der Waals surface area contributed by atoms with Crippen LogP contribution in [0.2, 0.25) is 0 Å². The number of likely N-dealkylation sites (tertiary alicyclic amines) is 1. The Kier molecular flexibility index (Phi) is 8.58. The molecule has 0 N–H and O–H groups in total. The van der Waals surface area contributed by atoms with Gasteiger partial charge in [-0.15, -0.1) is 12.4 Å². The van der Waals surface area contributed by atoms with Gasteiger partial charge < -0.3 is 9.47 Å². The highest BCUT2D eigenvalue weighted by atomic mass is 35.5.